The highest BCUT2D eigenvalue weighted by molar-refractivity contribution is 9.10. The Morgan fingerprint density at radius 1 is 1.05 bits per heavy atom. The molecule has 0 bridgehead atoms. The van der Waals surface area contributed by atoms with Crippen molar-refractivity contribution in [2.75, 3.05) is 6.54 Å². The van der Waals surface area contributed by atoms with Crippen molar-refractivity contribution in [2.24, 2.45) is 5.73 Å². The van der Waals surface area contributed by atoms with Crippen LogP contribution in [0.1, 0.15) is 11.1 Å². The molecule has 0 aromatic heterocycles. The Morgan fingerprint density at radius 2 is 1.79 bits per heavy atom. The molecule has 2 N–H and O–H groups in total. The molecule has 2 rings (SSSR count). The molecule has 19 heavy (non-hydrogen) atoms. The van der Waals surface area contributed by atoms with Crippen LogP contribution in [0.15, 0.2) is 46.9 Å². The number of halogens is 2. The molecule has 0 radical (unpaired) electrons. The van der Waals surface area contributed by atoms with E-state index in [9.17, 15) is 0 Å². The molecule has 0 aliphatic rings. The van der Waals surface area contributed by atoms with E-state index in [1.165, 1.54) is 0 Å². The summed E-state index contributed by atoms with van der Waals surface area (Å²) < 4.78 is 6.84. The van der Waals surface area contributed by atoms with E-state index in [0.717, 1.165) is 32.8 Å². The molecule has 0 saturated carbocycles. The molecule has 0 saturated heterocycles. The van der Waals surface area contributed by atoms with Gasteiger partial charge in [0.25, 0.3) is 0 Å². The van der Waals surface area contributed by atoms with Crippen LogP contribution in [-0.2, 0) is 13.0 Å². The molecule has 2 aromatic carbocycles. The maximum absolute atomic E-state index is 6.12. The first kappa shape index (κ1) is 14.4. The van der Waals surface area contributed by atoms with Crippen LogP contribution in [0.5, 0.6) is 5.75 Å². The number of rotatable bonds is 5. The third-order valence-electron chi connectivity index (χ3n) is 2.79. The summed E-state index contributed by atoms with van der Waals surface area (Å²) >= 11 is 9.63. The zero-order valence-corrected chi connectivity index (χ0v) is 12.7. The lowest BCUT2D eigenvalue weighted by Crippen LogP contribution is -2.06. The van der Waals surface area contributed by atoms with Crippen LogP contribution < -0.4 is 10.5 Å². The topological polar surface area (TPSA) is 35.2 Å². The first-order chi connectivity index (χ1) is 9.22. The number of para-hydroxylation sites is 1. The number of benzene rings is 2. The largest absolute Gasteiger partial charge is 0.487 e. The molecule has 0 fully saturated rings. The Morgan fingerprint density at radius 3 is 2.53 bits per heavy atom. The van der Waals surface area contributed by atoms with Crippen LogP contribution in [-0.4, -0.2) is 6.54 Å². The van der Waals surface area contributed by atoms with E-state index >= 15 is 0 Å². The molecule has 0 heterocycles. The van der Waals surface area contributed by atoms with Gasteiger partial charge < -0.3 is 10.5 Å². The maximum Gasteiger partial charge on any atom is 0.137 e. The Hall–Kier alpha value is -1.03. The van der Waals surface area contributed by atoms with Gasteiger partial charge in [0.1, 0.15) is 12.4 Å². The van der Waals surface area contributed by atoms with Crippen molar-refractivity contribution in [3.05, 3.63) is 63.1 Å². The fourth-order valence-corrected chi connectivity index (χ4v) is 2.54. The van der Waals surface area contributed by atoms with Gasteiger partial charge in [0.15, 0.2) is 0 Å². The minimum absolute atomic E-state index is 0.444. The molecule has 0 atom stereocenters. The predicted octanol–water partition coefficient (Wildman–Crippen LogP) is 4.18. The van der Waals surface area contributed by atoms with E-state index < -0.39 is 0 Å². The standard InChI is InChI=1S/C15H15BrClNO/c16-13-6-3-5-11(8-9-18)15(13)19-10-12-4-1-2-7-14(12)17/h1-7H,8-10,18H2. The first-order valence-corrected chi connectivity index (χ1v) is 7.23. The second-order valence-electron chi connectivity index (χ2n) is 4.15. The zero-order chi connectivity index (χ0) is 13.7. The summed E-state index contributed by atoms with van der Waals surface area (Å²) in [7, 11) is 0. The van der Waals surface area contributed by atoms with Crippen LogP contribution in [0, 0.1) is 0 Å². The Labute approximate surface area is 126 Å². The van der Waals surface area contributed by atoms with Gasteiger partial charge in [0.2, 0.25) is 0 Å². The van der Waals surface area contributed by atoms with Crippen molar-refractivity contribution in [3.63, 3.8) is 0 Å². The van der Waals surface area contributed by atoms with Gasteiger partial charge in [-0.05, 0) is 46.6 Å². The molecule has 0 aliphatic heterocycles. The number of nitrogens with two attached hydrogens (primary N) is 1. The lowest BCUT2D eigenvalue weighted by molar-refractivity contribution is 0.301. The minimum atomic E-state index is 0.444. The Bertz CT molecular complexity index is 560. The molecule has 0 unspecified atom stereocenters. The zero-order valence-electron chi connectivity index (χ0n) is 10.4. The van der Waals surface area contributed by atoms with Crippen molar-refractivity contribution in [1.82, 2.24) is 0 Å². The van der Waals surface area contributed by atoms with Crippen molar-refractivity contribution in [2.45, 2.75) is 13.0 Å². The molecular formula is C15H15BrClNO. The van der Waals surface area contributed by atoms with Crippen LogP contribution >= 0.6 is 27.5 Å². The fourth-order valence-electron chi connectivity index (χ4n) is 1.83. The molecule has 2 aromatic rings. The summed E-state index contributed by atoms with van der Waals surface area (Å²) in [5, 5.41) is 0.718. The average molecular weight is 341 g/mol. The van der Waals surface area contributed by atoms with Crippen molar-refractivity contribution >= 4 is 27.5 Å². The first-order valence-electron chi connectivity index (χ1n) is 6.06. The summed E-state index contributed by atoms with van der Waals surface area (Å²) in [6.07, 6.45) is 0.789. The van der Waals surface area contributed by atoms with E-state index in [1.54, 1.807) is 0 Å². The van der Waals surface area contributed by atoms with Gasteiger partial charge in [-0.3, -0.25) is 0 Å². The lowest BCUT2D eigenvalue weighted by Gasteiger charge is -2.13. The Kier molecular flexibility index (Phi) is 5.25. The van der Waals surface area contributed by atoms with Gasteiger partial charge in [0, 0.05) is 10.6 Å². The molecule has 2 nitrogen and oxygen atoms in total. The number of ether oxygens (including phenoxy) is 1. The molecule has 100 valence electrons. The van der Waals surface area contributed by atoms with E-state index in [0.29, 0.717) is 13.2 Å². The summed E-state index contributed by atoms with van der Waals surface area (Å²) in [4.78, 5) is 0. The second-order valence-corrected chi connectivity index (χ2v) is 5.41. The van der Waals surface area contributed by atoms with Crippen molar-refractivity contribution in [3.8, 4) is 5.75 Å². The summed E-state index contributed by atoms with van der Waals surface area (Å²) in [6, 6.07) is 13.7. The van der Waals surface area contributed by atoms with Gasteiger partial charge >= 0.3 is 0 Å². The van der Waals surface area contributed by atoms with Gasteiger partial charge in [-0.25, -0.2) is 0 Å². The van der Waals surface area contributed by atoms with Crippen molar-refractivity contribution < 1.29 is 4.74 Å². The third-order valence-corrected chi connectivity index (χ3v) is 3.79. The van der Waals surface area contributed by atoms with Gasteiger partial charge in [-0.1, -0.05) is 41.9 Å². The monoisotopic (exact) mass is 339 g/mol. The quantitative estimate of drug-likeness (QED) is 0.886. The molecule has 0 amide bonds. The molecule has 0 spiro atoms. The SMILES string of the molecule is NCCc1cccc(Br)c1OCc1ccccc1Cl. The normalized spacial score (nSPS) is 10.5. The molecular weight excluding hydrogens is 326 g/mol. The molecule has 0 aliphatic carbocycles. The van der Waals surface area contributed by atoms with E-state index in [4.69, 9.17) is 22.1 Å². The van der Waals surface area contributed by atoms with Gasteiger partial charge in [-0.15, -0.1) is 0 Å². The fraction of sp³-hybridized carbons (Fsp3) is 0.200. The number of hydrogen-bond donors (Lipinski definition) is 1. The minimum Gasteiger partial charge on any atom is -0.487 e. The summed E-state index contributed by atoms with van der Waals surface area (Å²) in [5.74, 6) is 0.841. The van der Waals surface area contributed by atoms with Crippen LogP contribution in [0.4, 0.5) is 0 Å². The van der Waals surface area contributed by atoms with E-state index in [1.807, 2.05) is 42.5 Å². The highest BCUT2D eigenvalue weighted by atomic mass is 79.9. The van der Waals surface area contributed by atoms with E-state index in [2.05, 4.69) is 15.9 Å². The highest BCUT2D eigenvalue weighted by Gasteiger charge is 2.08. The summed E-state index contributed by atoms with van der Waals surface area (Å²) in [6.45, 7) is 1.04. The van der Waals surface area contributed by atoms with Crippen LogP contribution in [0.2, 0.25) is 5.02 Å². The summed E-state index contributed by atoms with van der Waals surface area (Å²) in [5.41, 5.74) is 7.69. The van der Waals surface area contributed by atoms with Crippen LogP contribution in [0.25, 0.3) is 0 Å². The second kappa shape index (κ2) is 6.94. The highest BCUT2D eigenvalue weighted by Crippen LogP contribution is 2.30. The third kappa shape index (κ3) is 3.72. The average Bonchev–Trinajstić information content (AvgIpc) is 2.40. The predicted molar refractivity (Wildman–Crippen MR) is 82.7 cm³/mol. The van der Waals surface area contributed by atoms with Crippen molar-refractivity contribution in [1.29, 1.82) is 0 Å². The van der Waals surface area contributed by atoms with Crippen LogP contribution in [0.3, 0.4) is 0 Å². The maximum atomic E-state index is 6.12. The van der Waals surface area contributed by atoms with Gasteiger partial charge in [-0.2, -0.15) is 0 Å². The van der Waals surface area contributed by atoms with E-state index in [-0.39, 0.29) is 0 Å². The molecule has 4 heteroatoms. The Balaban J connectivity index is 2.17. The lowest BCUT2D eigenvalue weighted by atomic mass is 10.1. The van der Waals surface area contributed by atoms with Gasteiger partial charge in [0.05, 0.1) is 4.47 Å². The smallest absolute Gasteiger partial charge is 0.137 e. The number of hydrogen-bond acceptors (Lipinski definition) is 2.